The lowest BCUT2D eigenvalue weighted by atomic mass is 9.86. The maximum absolute atomic E-state index is 13.7. The predicted molar refractivity (Wildman–Crippen MR) is 117 cm³/mol. The Bertz CT molecular complexity index is 997. The highest BCUT2D eigenvalue weighted by Gasteiger charge is 2.36. The Hall–Kier alpha value is -3.40. The topological polar surface area (TPSA) is 46.6 Å². The Morgan fingerprint density at radius 3 is 1.97 bits per heavy atom. The van der Waals surface area contributed by atoms with Crippen molar-refractivity contribution in [3.05, 3.63) is 101 Å². The molecule has 1 fully saturated rings. The first kappa shape index (κ1) is 19.9. The molecule has 4 heteroatoms. The van der Waals surface area contributed by atoms with E-state index in [1.807, 2.05) is 83.8 Å². The number of piperidine rings is 1. The van der Waals surface area contributed by atoms with Crippen molar-refractivity contribution in [3.63, 3.8) is 0 Å². The summed E-state index contributed by atoms with van der Waals surface area (Å²) >= 11 is 0. The van der Waals surface area contributed by atoms with Gasteiger partial charge in [-0.3, -0.25) is 9.59 Å². The number of likely N-dealkylation sites (tertiary alicyclic amines) is 1. The summed E-state index contributed by atoms with van der Waals surface area (Å²) in [6.45, 7) is 0. The van der Waals surface area contributed by atoms with Crippen molar-refractivity contribution in [3.8, 4) is 5.75 Å². The molecule has 0 aliphatic carbocycles. The molecule has 1 aliphatic heterocycles. The molecule has 0 radical (unpaired) electrons. The quantitative estimate of drug-likeness (QED) is 0.524. The van der Waals surface area contributed by atoms with E-state index in [2.05, 4.69) is 0 Å². The van der Waals surface area contributed by atoms with Crippen LogP contribution in [0.1, 0.15) is 63.2 Å². The molecule has 0 aromatic heterocycles. The Morgan fingerprint density at radius 1 is 0.867 bits per heavy atom. The number of benzene rings is 3. The lowest BCUT2D eigenvalue weighted by Gasteiger charge is -2.43. The number of carbonyl (C=O) groups excluding carboxylic acids is 2. The summed E-state index contributed by atoms with van der Waals surface area (Å²) in [6.07, 6.45) is 3.67. The van der Waals surface area contributed by atoms with Crippen LogP contribution in [-0.4, -0.2) is 24.2 Å². The first-order valence-corrected chi connectivity index (χ1v) is 10.3. The highest BCUT2D eigenvalue weighted by Crippen LogP contribution is 2.43. The summed E-state index contributed by atoms with van der Waals surface area (Å²) in [7, 11) is 1.65. The monoisotopic (exact) mass is 399 g/mol. The van der Waals surface area contributed by atoms with Crippen LogP contribution in [0.3, 0.4) is 0 Å². The summed E-state index contributed by atoms with van der Waals surface area (Å²) in [5.41, 5.74) is 3.49. The van der Waals surface area contributed by atoms with Crippen molar-refractivity contribution in [2.45, 2.75) is 31.3 Å². The van der Waals surface area contributed by atoms with Crippen molar-refractivity contribution in [1.82, 2.24) is 4.90 Å². The Balaban J connectivity index is 1.75. The van der Waals surface area contributed by atoms with Gasteiger partial charge in [-0.2, -0.15) is 0 Å². The van der Waals surface area contributed by atoms with E-state index < -0.39 is 0 Å². The zero-order valence-corrected chi connectivity index (χ0v) is 17.0. The molecule has 1 aliphatic rings. The number of aldehydes is 1. The van der Waals surface area contributed by atoms with Gasteiger partial charge in [-0.05, 0) is 54.7 Å². The van der Waals surface area contributed by atoms with Crippen LogP contribution in [0.4, 0.5) is 0 Å². The average molecular weight is 399 g/mol. The van der Waals surface area contributed by atoms with E-state index in [1.54, 1.807) is 7.11 Å². The standard InChI is InChI=1S/C26H25NO3/c1-30-23-16-14-21(15-17-23)25-9-5-8-24(20-12-10-19(18-28)11-13-20)27(25)26(29)22-6-3-2-4-7-22/h2-4,6-7,10-18,24-25H,5,8-9H2,1H3. The van der Waals surface area contributed by atoms with Gasteiger partial charge in [0.25, 0.3) is 5.91 Å². The minimum absolute atomic E-state index is 0.0203. The molecular formula is C26H25NO3. The molecule has 1 heterocycles. The van der Waals surface area contributed by atoms with Gasteiger partial charge in [0.1, 0.15) is 12.0 Å². The number of carbonyl (C=O) groups is 2. The van der Waals surface area contributed by atoms with Gasteiger partial charge in [0.2, 0.25) is 0 Å². The van der Waals surface area contributed by atoms with Crippen LogP contribution < -0.4 is 4.74 Å². The van der Waals surface area contributed by atoms with Gasteiger partial charge < -0.3 is 9.64 Å². The fraction of sp³-hybridized carbons (Fsp3) is 0.231. The van der Waals surface area contributed by atoms with Gasteiger partial charge >= 0.3 is 0 Å². The molecule has 1 amide bonds. The van der Waals surface area contributed by atoms with Crippen LogP contribution in [0.25, 0.3) is 0 Å². The van der Waals surface area contributed by atoms with Gasteiger partial charge in [-0.1, -0.05) is 54.6 Å². The van der Waals surface area contributed by atoms with Crippen LogP contribution >= 0.6 is 0 Å². The van der Waals surface area contributed by atoms with Gasteiger partial charge in [0, 0.05) is 11.1 Å². The van der Waals surface area contributed by atoms with Gasteiger partial charge in [0.15, 0.2) is 0 Å². The summed E-state index contributed by atoms with van der Waals surface area (Å²) < 4.78 is 5.30. The minimum atomic E-state index is -0.0424. The third-order valence-corrected chi connectivity index (χ3v) is 5.84. The zero-order valence-electron chi connectivity index (χ0n) is 17.0. The van der Waals surface area contributed by atoms with E-state index in [0.29, 0.717) is 11.1 Å². The largest absolute Gasteiger partial charge is 0.497 e. The SMILES string of the molecule is COc1ccc(C2CCCC(c3ccc(C=O)cc3)N2C(=O)c2ccccc2)cc1. The third kappa shape index (κ3) is 3.99. The average Bonchev–Trinajstić information content (AvgIpc) is 2.84. The van der Waals surface area contributed by atoms with Gasteiger partial charge in [-0.15, -0.1) is 0 Å². The summed E-state index contributed by atoms with van der Waals surface area (Å²) in [6, 6.07) is 25.0. The number of hydrogen-bond acceptors (Lipinski definition) is 3. The van der Waals surface area contributed by atoms with E-state index in [9.17, 15) is 9.59 Å². The summed E-state index contributed by atoms with van der Waals surface area (Å²) in [5, 5.41) is 0. The van der Waals surface area contributed by atoms with Crippen molar-refractivity contribution in [1.29, 1.82) is 0 Å². The van der Waals surface area contributed by atoms with Crippen molar-refractivity contribution < 1.29 is 14.3 Å². The van der Waals surface area contributed by atoms with E-state index in [1.165, 1.54) is 0 Å². The van der Waals surface area contributed by atoms with Gasteiger partial charge in [-0.25, -0.2) is 0 Å². The number of rotatable bonds is 5. The molecule has 152 valence electrons. The number of nitrogens with zero attached hydrogens (tertiary/aromatic N) is 1. The Morgan fingerprint density at radius 2 is 1.43 bits per heavy atom. The second kappa shape index (κ2) is 8.95. The fourth-order valence-electron chi connectivity index (χ4n) is 4.29. The van der Waals surface area contributed by atoms with Crippen LogP contribution in [0.15, 0.2) is 78.9 Å². The minimum Gasteiger partial charge on any atom is -0.497 e. The van der Waals surface area contributed by atoms with Gasteiger partial charge in [0.05, 0.1) is 19.2 Å². The van der Waals surface area contributed by atoms with Crippen LogP contribution in [0, 0.1) is 0 Å². The molecule has 0 saturated carbocycles. The van der Waals surface area contributed by atoms with Crippen LogP contribution in [0.5, 0.6) is 5.75 Å². The first-order valence-electron chi connectivity index (χ1n) is 10.3. The second-order valence-electron chi connectivity index (χ2n) is 7.60. The van der Waals surface area contributed by atoms with Crippen molar-refractivity contribution in [2.75, 3.05) is 7.11 Å². The highest BCUT2D eigenvalue weighted by atomic mass is 16.5. The maximum Gasteiger partial charge on any atom is 0.254 e. The molecule has 0 spiro atoms. The zero-order chi connectivity index (χ0) is 20.9. The molecular weight excluding hydrogens is 374 g/mol. The molecule has 0 N–H and O–H groups in total. The normalized spacial score (nSPS) is 18.6. The number of ether oxygens (including phenoxy) is 1. The molecule has 4 nitrogen and oxygen atoms in total. The van der Waals surface area contributed by atoms with E-state index >= 15 is 0 Å². The number of amides is 1. The third-order valence-electron chi connectivity index (χ3n) is 5.84. The lowest BCUT2D eigenvalue weighted by Crippen LogP contribution is -2.41. The Labute approximate surface area is 177 Å². The lowest BCUT2D eigenvalue weighted by molar-refractivity contribution is 0.0440. The molecule has 0 bridgehead atoms. The van der Waals surface area contributed by atoms with Crippen LogP contribution in [0.2, 0.25) is 0 Å². The molecule has 3 aromatic rings. The molecule has 2 atom stereocenters. The summed E-state index contributed by atoms with van der Waals surface area (Å²) in [5.74, 6) is 0.831. The summed E-state index contributed by atoms with van der Waals surface area (Å²) in [4.78, 5) is 26.7. The predicted octanol–water partition coefficient (Wildman–Crippen LogP) is 5.62. The number of hydrogen-bond donors (Lipinski definition) is 0. The van der Waals surface area contributed by atoms with E-state index in [4.69, 9.17) is 4.74 Å². The number of methoxy groups -OCH3 is 1. The molecule has 3 aromatic carbocycles. The van der Waals surface area contributed by atoms with Crippen molar-refractivity contribution in [2.24, 2.45) is 0 Å². The van der Waals surface area contributed by atoms with E-state index in [-0.39, 0.29) is 18.0 Å². The molecule has 1 saturated heterocycles. The molecule has 30 heavy (non-hydrogen) atoms. The first-order chi connectivity index (χ1) is 14.7. The Kier molecular flexibility index (Phi) is 5.94. The fourth-order valence-corrected chi connectivity index (χ4v) is 4.29. The molecule has 2 unspecified atom stereocenters. The van der Waals surface area contributed by atoms with Crippen molar-refractivity contribution >= 4 is 12.2 Å². The second-order valence-corrected chi connectivity index (χ2v) is 7.60. The molecule has 4 rings (SSSR count). The highest BCUT2D eigenvalue weighted by molar-refractivity contribution is 5.95. The maximum atomic E-state index is 13.7. The van der Waals surface area contributed by atoms with Crippen LogP contribution in [-0.2, 0) is 0 Å². The smallest absolute Gasteiger partial charge is 0.254 e. The van der Waals surface area contributed by atoms with E-state index in [0.717, 1.165) is 42.4 Å².